The van der Waals surface area contributed by atoms with Crippen molar-refractivity contribution in [3.8, 4) is 17.2 Å². The van der Waals surface area contributed by atoms with E-state index in [0.29, 0.717) is 23.6 Å². The first-order chi connectivity index (χ1) is 11.2. The van der Waals surface area contributed by atoms with Gasteiger partial charge in [-0.3, -0.25) is 4.79 Å². The summed E-state index contributed by atoms with van der Waals surface area (Å²) in [5.74, 6) is 1.95. The molecule has 2 aromatic rings. The molecule has 120 valence electrons. The van der Waals surface area contributed by atoms with Crippen molar-refractivity contribution in [2.45, 2.75) is 13.0 Å². The van der Waals surface area contributed by atoms with Crippen LogP contribution in [0.4, 0.5) is 0 Å². The van der Waals surface area contributed by atoms with Crippen LogP contribution in [0.1, 0.15) is 21.5 Å². The normalized spacial score (nSPS) is 12.3. The number of carbonyl (C=O) groups is 1. The molecule has 5 nitrogen and oxygen atoms in total. The molecule has 2 aromatic carbocycles. The monoisotopic (exact) mass is 313 g/mol. The minimum Gasteiger partial charge on any atom is -0.497 e. The minimum absolute atomic E-state index is 0.168. The Morgan fingerprint density at radius 2 is 1.87 bits per heavy atom. The third-order valence-electron chi connectivity index (χ3n) is 3.82. The lowest BCUT2D eigenvalue weighted by atomic mass is 10.1. The van der Waals surface area contributed by atoms with Crippen LogP contribution in [-0.4, -0.2) is 26.7 Å². The first-order valence-corrected chi connectivity index (χ1v) is 7.45. The molecule has 1 aliphatic rings. The van der Waals surface area contributed by atoms with Gasteiger partial charge < -0.3 is 19.5 Å². The van der Waals surface area contributed by atoms with Crippen molar-refractivity contribution in [2.24, 2.45) is 0 Å². The highest BCUT2D eigenvalue weighted by Gasteiger charge is 2.13. The predicted molar refractivity (Wildman–Crippen MR) is 86.4 cm³/mol. The molecule has 1 heterocycles. The van der Waals surface area contributed by atoms with E-state index in [0.717, 1.165) is 24.3 Å². The molecule has 0 saturated carbocycles. The standard InChI is InChI=1S/C18H19NO4/c1-21-15-8-14(9-16(10-15)22-2)18(20)19-11-12-3-4-17-13(7-12)5-6-23-17/h3-4,7-10H,5-6,11H2,1-2H3,(H,19,20). The summed E-state index contributed by atoms with van der Waals surface area (Å²) in [6, 6.07) is 11.1. The van der Waals surface area contributed by atoms with Crippen molar-refractivity contribution in [3.05, 3.63) is 53.1 Å². The van der Waals surface area contributed by atoms with Crippen LogP contribution in [0.25, 0.3) is 0 Å². The van der Waals surface area contributed by atoms with Crippen LogP contribution in [-0.2, 0) is 13.0 Å². The van der Waals surface area contributed by atoms with E-state index in [1.165, 1.54) is 5.56 Å². The molecule has 5 heteroatoms. The topological polar surface area (TPSA) is 56.8 Å². The Morgan fingerprint density at radius 1 is 1.13 bits per heavy atom. The summed E-state index contributed by atoms with van der Waals surface area (Å²) >= 11 is 0. The van der Waals surface area contributed by atoms with Gasteiger partial charge in [0, 0.05) is 24.6 Å². The number of nitrogens with one attached hydrogen (secondary N) is 1. The van der Waals surface area contributed by atoms with E-state index in [4.69, 9.17) is 14.2 Å². The smallest absolute Gasteiger partial charge is 0.251 e. The summed E-state index contributed by atoms with van der Waals surface area (Å²) in [4.78, 5) is 12.3. The number of carbonyl (C=O) groups excluding carboxylic acids is 1. The van der Waals surface area contributed by atoms with Crippen molar-refractivity contribution in [3.63, 3.8) is 0 Å². The molecular weight excluding hydrogens is 294 g/mol. The van der Waals surface area contributed by atoms with Crippen LogP contribution in [0, 0.1) is 0 Å². The molecule has 0 aromatic heterocycles. The van der Waals surface area contributed by atoms with Gasteiger partial charge in [-0.15, -0.1) is 0 Å². The van der Waals surface area contributed by atoms with Crippen LogP contribution < -0.4 is 19.5 Å². The van der Waals surface area contributed by atoms with E-state index in [-0.39, 0.29) is 5.91 Å². The fraction of sp³-hybridized carbons (Fsp3) is 0.278. The number of ether oxygens (including phenoxy) is 3. The Hall–Kier alpha value is -2.69. The molecule has 0 radical (unpaired) electrons. The zero-order valence-electron chi connectivity index (χ0n) is 13.2. The second-order valence-electron chi connectivity index (χ2n) is 5.32. The molecule has 0 saturated heterocycles. The lowest BCUT2D eigenvalue weighted by Crippen LogP contribution is -2.22. The third-order valence-corrected chi connectivity index (χ3v) is 3.82. The number of amides is 1. The van der Waals surface area contributed by atoms with E-state index in [2.05, 4.69) is 11.4 Å². The number of benzene rings is 2. The average Bonchev–Trinajstić information content (AvgIpc) is 3.06. The lowest BCUT2D eigenvalue weighted by molar-refractivity contribution is 0.0950. The van der Waals surface area contributed by atoms with Crippen molar-refractivity contribution >= 4 is 5.91 Å². The van der Waals surface area contributed by atoms with E-state index in [1.54, 1.807) is 32.4 Å². The number of fused-ring (bicyclic) bond motifs is 1. The fourth-order valence-electron chi connectivity index (χ4n) is 2.57. The highest BCUT2D eigenvalue weighted by molar-refractivity contribution is 5.95. The predicted octanol–water partition coefficient (Wildman–Crippen LogP) is 2.57. The van der Waals surface area contributed by atoms with Gasteiger partial charge in [-0.1, -0.05) is 12.1 Å². The molecule has 0 fully saturated rings. The average molecular weight is 313 g/mol. The molecule has 0 atom stereocenters. The molecule has 1 aliphatic heterocycles. The Bertz CT molecular complexity index is 705. The van der Waals surface area contributed by atoms with Gasteiger partial charge in [0.1, 0.15) is 17.2 Å². The summed E-state index contributed by atoms with van der Waals surface area (Å²) < 4.78 is 15.9. The second kappa shape index (κ2) is 6.60. The number of methoxy groups -OCH3 is 2. The Kier molecular flexibility index (Phi) is 4.37. The lowest BCUT2D eigenvalue weighted by Gasteiger charge is -2.10. The Labute approximate surface area is 135 Å². The summed E-state index contributed by atoms with van der Waals surface area (Å²) in [6.45, 7) is 1.19. The highest BCUT2D eigenvalue weighted by atomic mass is 16.5. The molecule has 1 N–H and O–H groups in total. The molecule has 3 rings (SSSR count). The first kappa shape index (κ1) is 15.2. The molecule has 0 aliphatic carbocycles. The summed E-state index contributed by atoms with van der Waals surface area (Å²) in [6.07, 6.45) is 0.921. The fourth-order valence-corrected chi connectivity index (χ4v) is 2.57. The van der Waals surface area contributed by atoms with Crippen LogP contribution in [0.3, 0.4) is 0 Å². The molecule has 0 spiro atoms. The third kappa shape index (κ3) is 3.39. The van der Waals surface area contributed by atoms with Crippen LogP contribution >= 0.6 is 0 Å². The van der Waals surface area contributed by atoms with Gasteiger partial charge in [0.2, 0.25) is 0 Å². The SMILES string of the molecule is COc1cc(OC)cc(C(=O)NCc2ccc3c(c2)CCO3)c1. The summed E-state index contributed by atoms with van der Waals surface area (Å²) in [5.41, 5.74) is 2.75. The maximum atomic E-state index is 12.3. The number of hydrogen-bond acceptors (Lipinski definition) is 4. The molecular formula is C18H19NO4. The summed E-state index contributed by atoms with van der Waals surface area (Å²) in [5, 5.41) is 2.92. The van der Waals surface area contributed by atoms with E-state index < -0.39 is 0 Å². The number of rotatable bonds is 5. The molecule has 23 heavy (non-hydrogen) atoms. The Balaban J connectivity index is 1.69. The molecule has 0 bridgehead atoms. The van der Waals surface area contributed by atoms with E-state index in [1.807, 2.05) is 12.1 Å². The van der Waals surface area contributed by atoms with Gasteiger partial charge in [0.15, 0.2) is 0 Å². The quantitative estimate of drug-likeness (QED) is 0.922. The van der Waals surface area contributed by atoms with Gasteiger partial charge in [-0.2, -0.15) is 0 Å². The summed E-state index contributed by atoms with van der Waals surface area (Å²) in [7, 11) is 3.12. The first-order valence-electron chi connectivity index (χ1n) is 7.45. The van der Waals surface area contributed by atoms with Crippen LogP contribution in [0.5, 0.6) is 17.2 Å². The van der Waals surface area contributed by atoms with Gasteiger partial charge in [0.05, 0.1) is 20.8 Å². The molecule has 1 amide bonds. The largest absolute Gasteiger partial charge is 0.497 e. The van der Waals surface area contributed by atoms with Gasteiger partial charge in [-0.05, 0) is 29.3 Å². The zero-order chi connectivity index (χ0) is 16.2. The van der Waals surface area contributed by atoms with Crippen LogP contribution in [0.2, 0.25) is 0 Å². The van der Waals surface area contributed by atoms with Gasteiger partial charge in [0.25, 0.3) is 5.91 Å². The van der Waals surface area contributed by atoms with Crippen molar-refractivity contribution < 1.29 is 19.0 Å². The van der Waals surface area contributed by atoms with Gasteiger partial charge >= 0.3 is 0 Å². The van der Waals surface area contributed by atoms with Crippen LogP contribution in [0.15, 0.2) is 36.4 Å². The Morgan fingerprint density at radius 3 is 2.57 bits per heavy atom. The minimum atomic E-state index is -0.168. The number of hydrogen-bond donors (Lipinski definition) is 1. The van der Waals surface area contributed by atoms with E-state index >= 15 is 0 Å². The highest BCUT2D eigenvalue weighted by Crippen LogP contribution is 2.26. The van der Waals surface area contributed by atoms with Crippen molar-refractivity contribution in [1.82, 2.24) is 5.32 Å². The van der Waals surface area contributed by atoms with Crippen molar-refractivity contribution in [1.29, 1.82) is 0 Å². The van der Waals surface area contributed by atoms with Gasteiger partial charge in [-0.25, -0.2) is 0 Å². The zero-order valence-corrected chi connectivity index (χ0v) is 13.2. The maximum Gasteiger partial charge on any atom is 0.251 e. The van der Waals surface area contributed by atoms with E-state index in [9.17, 15) is 4.79 Å². The molecule has 0 unspecified atom stereocenters. The second-order valence-corrected chi connectivity index (χ2v) is 5.32. The van der Waals surface area contributed by atoms with Crippen molar-refractivity contribution in [2.75, 3.05) is 20.8 Å². The maximum absolute atomic E-state index is 12.3.